The molecule has 3 atom stereocenters. The molecule has 2 aliphatic rings. The molecule has 1 saturated carbocycles. The molecule has 0 bridgehead atoms. The standard InChI is InChI=1S/C28H45FN4O3/c1-21(34)31-16-9-15-28(36,25-13-6-7-14-26(25)29)23-12-8-17-33(20-23)27(35)32-24(19-30-2)18-22-10-4-3-5-11-22/h6-7,13-14,22-24,30,36H,3-5,8-12,15-20H2,1-2H3,(H,31,34)(H,32,35)/t23-,24?,28+/m1/s1. The molecule has 4 N–H and O–H groups in total. The highest BCUT2D eigenvalue weighted by Crippen LogP contribution is 2.40. The lowest BCUT2D eigenvalue weighted by molar-refractivity contribution is -0.119. The van der Waals surface area contributed by atoms with Crippen molar-refractivity contribution in [2.75, 3.05) is 33.2 Å². The van der Waals surface area contributed by atoms with E-state index < -0.39 is 11.4 Å². The monoisotopic (exact) mass is 504 g/mol. The van der Waals surface area contributed by atoms with Crippen molar-refractivity contribution in [3.63, 3.8) is 0 Å². The Labute approximate surface area is 215 Å². The second kappa shape index (κ2) is 13.9. The van der Waals surface area contributed by atoms with Gasteiger partial charge in [-0.25, -0.2) is 9.18 Å². The Balaban J connectivity index is 1.69. The van der Waals surface area contributed by atoms with Gasteiger partial charge < -0.3 is 26.0 Å². The fourth-order valence-electron chi connectivity index (χ4n) is 6.08. The third kappa shape index (κ3) is 7.90. The van der Waals surface area contributed by atoms with E-state index >= 15 is 0 Å². The van der Waals surface area contributed by atoms with Crippen LogP contribution in [0.3, 0.4) is 0 Å². The van der Waals surface area contributed by atoms with Crippen molar-refractivity contribution >= 4 is 11.9 Å². The van der Waals surface area contributed by atoms with Gasteiger partial charge in [0, 0.05) is 50.6 Å². The van der Waals surface area contributed by atoms with Crippen molar-refractivity contribution in [2.24, 2.45) is 11.8 Å². The third-order valence-electron chi connectivity index (χ3n) is 7.95. The number of likely N-dealkylation sites (N-methyl/N-ethyl adjacent to an activating group) is 1. The lowest BCUT2D eigenvalue weighted by atomic mass is 9.74. The second-order valence-electron chi connectivity index (χ2n) is 10.7. The van der Waals surface area contributed by atoms with E-state index in [-0.39, 0.29) is 29.5 Å². The topological polar surface area (TPSA) is 93.7 Å². The van der Waals surface area contributed by atoms with E-state index in [4.69, 9.17) is 0 Å². The third-order valence-corrected chi connectivity index (χ3v) is 7.95. The van der Waals surface area contributed by atoms with Crippen LogP contribution < -0.4 is 16.0 Å². The predicted octanol–water partition coefficient (Wildman–Crippen LogP) is 3.91. The Morgan fingerprint density at radius 1 is 1.17 bits per heavy atom. The largest absolute Gasteiger partial charge is 0.385 e. The van der Waals surface area contributed by atoms with Crippen LogP contribution in [0.5, 0.6) is 0 Å². The van der Waals surface area contributed by atoms with Crippen molar-refractivity contribution in [1.82, 2.24) is 20.9 Å². The van der Waals surface area contributed by atoms with E-state index in [0.717, 1.165) is 19.4 Å². The summed E-state index contributed by atoms with van der Waals surface area (Å²) in [6, 6.07) is 6.32. The molecule has 8 heteroatoms. The van der Waals surface area contributed by atoms with Gasteiger partial charge in [0.15, 0.2) is 0 Å². The Hall–Kier alpha value is -2.19. The Bertz CT molecular complexity index is 848. The predicted molar refractivity (Wildman–Crippen MR) is 140 cm³/mol. The minimum absolute atomic E-state index is 0.0640. The Morgan fingerprint density at radius 3 is 2.61 bits per heavy atom. The highest BCUT2D eigenvalue weighted by Gasteiger charge is 2.42. The van der Waals surface area contributed by atoms with Crippen LogP contribution in [0.15, 0.2) is 24.3 Å². The van der Waals surface area contributed by atoms with E-state index in [1.165, 1.54) is 45.1 Å². The fraction of sp³-hybridized carbons (Fsp3) is 0.714. The molecule has 0 radical (unpaired) electrons. The number of benzene rings is 1. The van der Waals surface area contributed by atoms with E-state index in [0.29, 0.717) is 44.8 Å². The molecular formula is C28H45FN4O3. The number of nitrogens with zero attached hydrogens (tertiary/aromatic N) is 1. The van der Waals surface area contributed by atoms with Crippen molar-refractivity contribution in [3.05, 3.63) is 35.6 Å². The lowest BCUT2D eigenvalue weighted by Crippen LogP contribution is -2.54. The smallest absolute Gasteiger partial charge is 0.317 e. The summed E-state index contributed by atoms with van der Waals surface area (Å²) in [6.45, 7) is 3.58. The molecule has 1 aliphatic heterocycles. The number of piperidine rings is 1. The van der Waals surface area contributed by atoms with Crippen molar-refractivity contribution in [1.29, 1.82) is 0 Å². The molecule has 3 amide bonds. The van der Waals surface area contributed by atoms with Crippen LogP contribution in [0.2, 0.25) is 0 Å². The molecule has 3 rings (SSSR count). The summed E-state index contributed by atoms with van der Waals surface area (Å²) in [5, 5.41) is 21.1. The first-order chi connectivity index (χ1) is 17.3. The molecule has 7 nitrogen and oxygen atoms in total. The van der Waals surface area contributed by atoms with Crippen molar-refractivity contribution < 1.29 is 19.1 Å². The molecule has 1 aromatic rings. The van der Waals surface area contributed by atoms with Crippen LogP contribution in [0, 0.1) is 17.7 Å². The summed E-state index contributed by atoms with van der Waals surface area (Å²) in [5.41, 5.74) is -1.15. The van der Waals surface area contributed by atoms with Gasteiger partial charge in [0.1, 0.15) is 5.82 Å². The number of likely N-dealkylation sites (tertiary alicyclic amines) is 1. The van der Waals surface area contributed by atoms with Crippen LogP contribution in [-0.4, -0.2) is 61.2 Å². The first-order valence-electron chi connectivity index (χ1n) is 13.7. The summed E-state index contributed by atoms with van der Waals surface area (Å²) in [7, 11) is 1.91. The zero-order chi connectivity index (χ0) is 26.0. The molecule has 1 unspecified atom stereocenters. The van der Waals surface area contributed by atoms with Crippen LogP contribution in [0.1, 0.15) is 76.7 Å². The highest BCUT2D eigenvalue weighted by atomic mass is 19.1. The molecular weight excluding hydrogens is 459 g/mol. The average Bonchev–Trinajstić information content (AvgIpc) is 2.87. The van der Waals surface area contributed by atoms with Crippen LogP contribution in [0.25, 0.3) is 0 Å². The number of carbonyl (C=O) groups is 2. The van der Waals surface area contributed by atoms with Crippen LogP contribution >= 0.6 is 0 Å². The van der Waals surface area contributed by atoms with E-state index in [1.807, 2.05) is 7.05 Å². The van der Waals surface area contributed by atoms with Gasteiger partial charge in [-0.2, -0.15) is 0 Å². The van der Waals surface area contributed by atoms with E-state index in [9.17, 15) is 19.1 Å². The molecule has 1 aliphatic carbocycles. The zero-order valence-corrected chi connectivity index (χ0v) is 22.0. The molecule has 0 aromatic heterocycles. The maximum absolute atomic E-state index is 14.9. The van der Waals surface area contributed by atoms with Gasteiger partial charge in [0.05, 0.1) is 5.60 Å². The van der Waals surface area contributed by atoms with Crippen LogP contribution in [0.4, 0.5) is 9.18 Å². The summed E-state index contributed by atoms with van der Waals surface area (Å²) < 4.78 is 14.9. The minimum atomic E-state index is -1.42. The van der Waals surface area contributed by atoms with Gasteiger partial charge in [-0.3, -0.25) is 4.79 Å². The van der Waals surface area contributed by atoms with Crippen molar-refractivity contribution in [3.8, 4) is 0 Å². The van der Waals surface area contributed by atoms with Gasteiger partial charge in [0.2, 0.25) is 5.91 Å². The summed E-state index contributed by atoms with van der Waals surface area (Å²) in [5.74, 6) is -0.217. The van der Waals surface area contributed by atoms with Gasteiger partial charge in [0.25, 0.3) is 0 Å². The van der Waals surface area contributed by atoms with Crippen molar-refractivity contribution in [2.45, 2.75) is 82.8 Å². The number of urea groups is 1. The molecule has 36 heavy (non-hydrogen) atoms. The van der Waals surface area contributed by atoms with Gasteiger partial charge in [-0.15, -0.1) is 0 Å². The van der Waals surface area contributed by atoms with Crippen LogP contribution in [-0.2, 0) is 10.4 Å². The number of hydrogen-bond donors (Lipinski definition) is 4. The van der Waals surface area contributed by atoms with Gasteiger partial charge in [-0.05, 0) is 51.1 Å². The molecule has 2 fully saturated rings. The number of aliphatic hydroxyl groups is 1. The SMILES string of the molecule is CNCC(CC1CCCCC1)NC(=O)N1CCC[C@@H]([C@@](O)(CCCNC(C)=O)c2ccccc2F)C1. The Kier molecular flexibility index (Phi) is 11.0. The maximum atomic E-state index is 14.9. The molecule has 202 valence electrons. The first kappa shape index (κ1) is 28.4. The minimum Gasteiger partial charge on any atom is -0.385 e. The highest BCUT2D eigenvalue weighted by molar-refractivity contribution is 5.74. The average molecular weight is 505 g/mol. The van der Waals surface area contributed by atoms with E-state index in [2.05, 4.69) is 16.0 Å². The molecule has 1 aromatic carbocycles. The molecule has 1 saturated heterocycles. The van der Waals surface area contributed by atoms with Gasteiger partial charge in [-0.1, -0.05) is 50.3 Å². The summed E-state index contributed by atoms with van der Waals surface area (Å²) >= 11 is 0. The normalized spacial score (nSPS) is 21.4. The number of hydrogen-bond acceptors (Lipinski definition) is 4. The number of halogens is 1. The second-order valence-corrected chi connectivity index (χ2v) is 10.7. The number of carbonyl (C=O) groups excluding carboxylic acids is 2. The number of nitrogens with one attached hydrogen (secondary N) is 3. The fourth-order valence-corrected chi connectivity index (χ4v) is 6.08. The number of amides is 3. The summed E-state index contributed by atoms with van der Waals surface area (Å²) in [4.78, 5) is 26.4. The summed E-state index contributed by atoms with van der Waals surface area (Å²) in [6.07, 6.45) is 9.57. The van der Waals surface area contributed by atoms with E-state index in [1.54, 1.807) is 23.1 Å². The number of rotatable bonds is 11. The first-order valence-corrected chi connectivity index (χ1v) is 13.7. The van der Waals surface area contributed by atoms with Gasteiger partial charge >= 0.3 is 6.03 Å². The quantitative estimate of drug-likeness (QED) is 0.344. The lowest BCUT2D eigenvalue weighted by Gasteiger charge is -2.43. The maximum Gasteiger partial charge on any atom is 0.317 e. The molecule has 0 spiro atoms. The zero-order valence-electron chi connectivity index (χ0n) is 22.0. The molecule has 1 heterocycles. The Morgan fingerprint density at radius 2 is 1.92 bits per heavy atom.